The maximum atomic E-state index is 11.9. The normalized spacial score (nSPS) is 19.6. The van der Waals surface area contributed by atoms with Crippen LogP contribution in [0, 0.1) is 11.8 Å². The molecule has 1 aliphatic rings. The summed E-state index contributed by atoms with van der Waals surface area (Å²) in [4.78, 5) is 22.7. The van der Waals surface area contributed by atoms with Gasteiger partial charge in [0.1, 0.15) is 0 Å². The topological polar surface area (TPSA) is 84.2 Å². The maximum Gasteiger partial charge on any atom is 0.307 e. The van der Waals surface area contributed by atoms with Crippen molar-refractivity contribution in [3.05, 3.63) is 53.9 Å². The van der Waals surface area contributed by atoms with E-state index in [9.17, 15) is 9.59 Å². The Morgan fingerprint density at radius 3 is 2.64 bits per heavy atom. The third-order valence-electron chi connectivity index (χ3n) is 3.91. The van der Waals surface area contributed by atoms with Crippen molar-refractivity contribution in [1.29, 1.82) is 0 Å². The molecule has 1 heterocycles. The number of nitrogens with one attached hydrogen (secondary N) is 1. The van der Waals surface area contributed by atoms with Crippen LogP contribution in [0.1, 0.15) is 17.5 Å². The van der Waals surface area contributed by atoms with Crippen LogP contribution in [0.25, 0.3) is 0 Å². The Hall–Kier alpha value is -2.63. The first-order valence-electron chi connectivity index (χ1n) is 7.20. The van der Waals surface area contributed by atoms with Gasteiger partial charge in [-0.15, -0.1) is 0 Å². The van der Waals surface area contributed by atoms with Gasteiger partial charge < -0.3 is 10.4 Å². The highest BCUT2D eigenvalue weighted by Gasteiger charge is 2.48. The number of nitrogens with zero attached hydrogens (tertiary/aromatic N) is 2. The van der Waals surface area contributed by atoms with E-state index in [1.165, 1.54) is 0 Å². The fourth-order valence-corrected chi connectivity index (χ4v) is 2.52. The van der Waals surface area contributed by atoms with Crippen LogP contribution in [0.15, 0.2) is 42.7 Å². The van der Waals surface area contributed by atoms with Gasteiger partial charge in [-0.1, -0.05) is 24.3 Å². The summed E-state index contributed by atoms with van der Waals surface area (Å²) in [5.74, 6) is -1.96. The molecule has 6 nitrogen and oxygen atoms in total. The highest BCUT2D eigenvalue weighted by atomic mass is 16.4. The van der Waals surface area contributed by atoms with E-state index in [1.54, 1.807) is 6.20 Å². The lowest BCUT2D eigenvalue weighted by atomic mass is 10.1. The molecule has 0 bridgehead atoms. The number of hydrogen-bond acceptors (Lipinski definition) is 3. The van der Waals surface area contributed by atoms with Gasteiger partial charge in [0, 0.05) is 18.9 Å². The second-order valence-electron chi connectivity index (χ2n) is 5.48. The molecule has 1 aliphatic carbocycles. The first-order valence-corrected chi connectivity index (χ1v) is 7.20. The average Bonchev–Trinajstić information content (AvgIpc) is 3.17. The number of carboxylic acids is 1. The summed E-state index contributed by atoms with van der Waals surface area (Å²) in [6.07, 6.45) is 4.05. The van der Waals surface area contributed by atoms with E-state index in [0.717, 1.165) is 11.1 Å². The van der Waals surface area contributed by atoms with Crippen molar-refractivity contribution in [2.75, 3.05) is 0 Å². The monoisotopic (exact) mass is 299 g/mol. The van der Waals surface area contributed by atoms with Crippen LogP contribution in [0.5, 0.6) is 0 Å². The molecule has 0 saturated heterocycles. The molecule has 22 heavy (non-hydrogen) atoms. The van der Waals surface area contributed by atoms with Crippen LogP contribution in [0.2, 0.25) is 0 Å². The highest BCUT2D eigenvalue weighted by Crippen LogP contribution is 2.38. The molecule has 0 aliphatic heterocycles. The lowest BCUT2D eigenvalue weighted by Gasteiger charge is -2.11. The standard InChI is InChI=1S/C16H17N3O3/c20-15(13-8-14(13)16(21)22)17-9-11-4-1-2-5-12(11)10-19-7-3-6-18-19/h1-7,13-14H,8-10H2,(H,17,20)(H,21,22)/t13-,14-/m0/s1. The second-order valence-corrected chi connectivity index (χ2v) is 5.48. The first kappa shape index (κ1) is 14.3. The number of aromatic nitrogens is 2. The summed E-state index contributed by atoms with van der Waals surface area (Å²) in [6.45, 7) is 1.04. The number of aliphatic carboxylic acids is 1. The van der Waals surface area contributed by atoms with E-state index in [-0.39, 0.29) is 11.8 Å². The molecule has 2 aromatic rings. The van der Waals surface area contributed by atoms with E-state index in [4.69, 9.17) is 5.11 Å². The molecule has 0 radical (unpaired) electrons. The molecule has 1 fully saturated rings. The number of amides is 1. The fourth-order valence-electron chi connectivity index (χ4n) is 2.52. The van der Waals surface area contributed by atoms with Crippen LogP contribution in [0.3, 0.4) is 0 Å². The van der Waals surface area contributed by atoms with Crippen molar-refractivity contribution in [3.63, 3.8) is 0 Å². The Bertz CT molecular complexity index is 682. The molecule has 1 aromatic heterocycles. The third kappa shape index (κ3) is 3.16. The van der Waals surface area contributed by atoms with Gasteiger partial charge in [0.25, 0.3) is 0 Å². The molecule has 6 heteroatoms. The summed E-state index contributed by atoms with van der Waals surface area (Å²) >= 11 is 0. The average molecular weight is 299 g/mol. The predicted molar refractivity (Wildman–Crippen MR) is 78.9 cm³/mol. The molecule has 114 valence electrons. The number of benzene rings is 1. The number of carboxylic acid groups (broad SMARTS) is 1. The summed E-state index contributed by atoms with van der Waals surface area (Å²) in [6, 6.07) is 9.70. The van der Waals surface area contributed by atoms with Crippen molar-refractivity contribution in [2.24, 2.45) is 11.8 Å². The molecular formula is C16H17N3O3. The molecule has 1 saturated carbocycles. The van der Waals surface area contributed by atoms with Crippen molar-refractivity contribution in [2.45, 2.75) is 19.5 Å². The SMILES string of the molecule is O=C(O)[C@H]1C[C@@H]1C(=O)NCc1ccccc1Cn1cccn1. The van der Waals surface area contributed by atoms with Crippen LogP contribution < -0.4 is 5.32 Å². The van der Waals surface area contributed by atoms with Gasteiger partial charge >= 0.3 is 5.97 Å². The van der Waals surface area contributed by atoms with E-state index >= 15 is 0 Å². The quantitative estimate of drug-likeness (QED) is 0.841. The number of carbonyl (C=O) groups is 2. The fraction of sp³-hybridized carbons (Fsp3) is 0.312. The molecule has 0 unspecified atom stereocenters. The Balaban J connectivity index is 1.61. The van der Waals surface area contributed by atoms with Crippen LogP contribution >= 0.6 is 0 Å². The Morgan fingerprint density at radius 2 is 2.00 bits per heavy atom. The lowest BCUT2D eigenvalue weighted by molar-refractivity contribution is -0.140. The van der Waals surface area contributed by atoms with Gasteiger partial charge in [0.15, 0.2) is 0 Å². The van der Waals surface area contributed by atoms with Gasteiger partial charge in [-0.2, -0.15) is 5.10 Å². The molecule has 0 spiro atoms. The minimum atomic E-state index is -0.890. The number of carbonyl (C=O) groups excluding carboxylic acids is 1. The van der Waals surface area contributed by atoms with Crippen LogP contribution in [-0.2, 0) is 22.7 Å². The van der Waals surface area contributed by atoms with E-state index in [0.29, 0.717) is 19.5 Å². The molecule has 2 atom stereocenters. The van der Waals surface area contributed by atoms with Crippen molar-refractivity contribution >= 4 is 11.9 Å². The van der Waals surface area contributed by atoms with Gasteiger partial charge in [0.2, 0.25) is 5.91 Å². The number of rotatable bonds is 6. The summed E-state index contributed by atoms with van der Waals surface area (Å²) in [7, 11) is 0. The van der Waals surface area contributed by atoms with Crippen molar-refractivity contribution < 1.29 is 14.7 Å². The van der Waals surface area contributed by atoms with E-state index < -0.39 is 11.9 Å². The Labute approximate surface area is 127 Å². The number of hydrogen-bond donors (Lipinski definition) is 2. The molecular weight excluding hydrogens is 282 g/mol. The second kappa shape index (κ2) is 6.01. The molecule has 1 aromatic carbocycles. The van der Waals surface area contributed by atoms with Crippen molar-refractivity contribution in [1.82, 2.24) is 15.1 Å². The van der Waals surface area contributed by atoms with Crippen LogP contribution in [-0.4, -0.2) is 26.8 Å². The highest BCUT2D eigenvalue weighted by molar-refractivity contribution is 5.89. The minimum Gasteiger partial charge on any atom is -0.481 e. The summed E-state index contributed by atoms with van der Waals surface area (Å²) < 4.78 is 1.82. The van der Waals surface area contributed by atoms with E-state index in [1.807, 2.05) is 41.2 Å². The predicted octanol–water partition coefficient (Wildman–Crippen LogP) is 1.27. The maximum absolute atomic E-state index is 11.9. The minimum absolute atomic E-state index is 0.179. The molecule has 1 amide bonds. The van der Waals surface area contributed by atoms with Gasteiger partial charge in [-0.3, -0.25) is 14.3 Å². The summed E-state index contributed by atoms with van der Waals surface area (Å²) in [5, 5.41) is 15.9. The first-order chi connectivity index (χ1) is 10.6. The lowest BCUT2D eigenvalue weighted by Crippen LogP contribution is -2.26. The largest absolute Gasteiger partial charge is 0.481 e. The van der Waals surface area contributed by atoms with Gasteiger partial charge in [-0.05, 0) is 23.6 Å². The molecule has 2 N–H and O–H groups in total. The van der Waals surface area contributed by atoms with Crippen LogP contribution in [0.4, 0.5) is 0 Å². The zero-order valence-corrected chi connectivity index (χ0v) is 12.0. The Kier molecular flexibility index (Phi) is 3.91. The van der Waals surface area contributed by atoms with E-state index in [2.05, 4.69) is 10.4 Å². The van der Waals surface area contributed by atoms with Crippen molar-refractivity contribution in [3.8, 4) is 0 Å². The zero-order chi connectivity index (χ0) is 15.5. The summed E-state index contributed by atoms with van der Waals surface area (Å²) in [5.41, 5.74) is 2.09. The molecule has 3 rings (SSSR count). The Morgan fingerprint density at radius 1 is 1.23 bits per heavy atom. The van der Waals surface area contributed by atoms with Gasteiger partial charge in [0.05, 0.1) is 18.4 Å². The third-order valence-corrected chi connectivity index (χ3v) is 3.91. The zero-order valence-electron chi connectivity index (χ0n) is 12.0. The smallest absolute Gasteiger partial charge is 0.307 e. The van der Waals surface area contributed by atoms with Gasteiger partial charge in [-0.25, -0.2) is 0 Å².